The number of esters is 1. The van der Waals surface area contributed by atoms with Crippen LogP contribution in [0.2, 0.25) is 0 Å². The minimum atomic E-state index is -0.828. The van der Waals surface area contributed by atoms with Crippen molar-refractivity contribution in [1.82, 2.24) is 0 Å². The van der Waals surface area contributed by atoms with E-state index in [9.17, 15) is 13.6 Å². The van der Waals surface area contributed by atoms with Crippen molar-refractivity contribution in [1.29, 1.82) is 0 Å². The molecule has 0 spiro atoms. The molecule has 0 heterocycles. The Morgan fingerprint density at radius 3 is 1.89 bits per heavy atom. The van der Waals surface area contributed by atoms with Gasteiger partial charge in [-0.15, -0.1) is 0 Å². The molecule has 2 nitrogen and oxygen atoms in total. The Labute approximate surface area is 166 Å². The first kappa shape index (κ1) is 22.1. The highest BCUT2D eigenvalue weighted by atomic mass is 19.1. The van der Waals surface area contributed by atoms with Crippen molar-refractivity contribution in [2.75, 3.05) is 0 Å². The van der Waals surface area contributed by atoms with Crippen LogP contribution in [0.25, 0.3) is 0 Å². The lowest BCUT2D eigenvalue weighted by Crippen LogP contribution is -2.10. The van der Waals surface area contributed by atoms with Crippen LogP contribution in [0.5, 0.6) is 5.75 Å². The highest BCUT2D eigenvalue weighted by Crippen LogP contribution is 2.25. The van der Waals surface area contributed by atoms with Crippen LogP contribution in [-0.2, 0) is 24.1 Å². The molecule has 4 heteroatoms. The van der Waals surface area contributed by atoms with E-state index >= 15 is 0 Å². The standard InChI is InChI=1S/C24H30F2O2/c1-3-5-7-8-18-10-12-19(13-11-18)14-15-20-16-21(25)24(22(26)17-20)28-23(27)9-6-4-2/h10-13,16-17H,3-9,14-15H2,1-2H3. The van der Waals surface area contributed by atoms with Gasteiger partial charge in [-0.05, 0) is 60.9 Å². The Morgan fingerprint density at radius 1 is 0.786 bits per heavy atom. The van der Waals surface area contributed by atoms with Crippen LogP contribution in [0.4, 0.5) is 8.78 Å². The molecule has 0 atom stereocenters. The highest BCUT2D eigenvalue weighted by molar-refractivity contribution is 5.72. The Balaban J connectivity index is 1.93. The lowest BCUT2D eigenvalue weighted by molar-refractivity contribution is -0.134. The summed E-state index contributed by atoms with van der Waals surface area (Å²) in [6, 6.07) is 10.9. The Hall–Kier alpha value is -2.23. The number of hydrogen-bond donors (Lipinski definition) is 0. The third-order valence-corrected chi connectivity index (χ3v) is 4.80. The van der Waals surface area contributed by atoms with Crippen molar-refractivity contribution in [3.05, 3.63) is 64.7 Å². The largest absolute Gasteiger partial charge is 0.420 e. The smallest absolute Gasteiger partial charge is 0.311 e. The third kappa shape index (κ3) is 7.06. The summed E-state index contributed by atoms with van der Waals surface area (Å²) < 4.78 is 33.3. The molecule has 0 saturated heterocycles. The first-order valence-corrected chi connectivity index (χ1v) is 10.3. The molecule has 0 aliphatic carbocycles. The van der Waals surface area contributed by atoms with Crippen LogP contribution in [0, 0.1) is 11.6 Å². The fraction of sp³-hybridized carbons (Fsp3) is 0.458. The molecular weight excluding hydrogens is 358 g/mol. The average Bonchev–Trinajstić information content (AvgIpc) is 2.68. The maximum Gasteiger partial charge on any atom is 0.311 e. The molecule has 2 aromatic rings. The molecule has 0 N–H and O–H groups in total. The molecule has 0 bridgehead atoms. The summed E-state index contributed by atoms with van der Waals surface area (Å²) in [5.41, 5.74) is 3.01. The van der Waals surface area contributed by atoms with Gasteiger partial charge in [0.1, 0.15) is 0 Å². The van der Waals surface area contributed by atoms with Crippen molar-refractivity contribution in [3.63, 3.8) is 0 Å². The molecule has 2 rings (SSSR count). The number of unbranched alkanes of at least 4 members (excludes halogenated alkanes) is 3. The highest BCUT2D eigenvalue weighted by Gasteiger charge is 2.16. The summed E-state index contributed by atoms with van der Waals surface area (Å²) in [5.74, 6) is -2.86. The van der Waals surface area contributed by atoms with Gasteiger partial charge in [-0.1, -0.05) is 57.4 Å². The SMILES string of the molecule is CCCCCc1ccc(CCc2cc(F)c(OC(=O)CCCC)c(F)c2)cc1. The number of carbonyl (C=O) groups is 1. The third-order valence-electron chi connectivity index (χ3n) is 4.80. The normalized spacial score (nSPS) is 10.9. The number of rotatable bonds is 11. The summed E-state index contributed by atoms with van der Waals surface area (Å²) in [7, 11) is 0. The fourth-order valence-electron chi connectivity index (χ4n) is 3.08. The van der Waals surface area contributed by atoms with E-state index in [-0.39, 0.29) is 6.42 Å². The van der Waals surface area contributed by atoms with Crippen molar-refractivity contribution >= 4 is 5.97 Å². The number of ether oxygens (including phenoxy) is 1. The lowest BCUT2D eigenvalue weighted by atomic mass is 10.0. The van der Waals surface area contributed by atoms with E-state index in [4.69, 9.17) is 4.74 Å². The molecule has 0 fully saturated rings. The maximum absolute atomic E-state index is 14.2. The summed E-state index contributed by atoms with van der Waals surface area (Å²) in [6.45, 7) is 4.13. The quantitative estimate of drug-likeness (QED) is 0.247. The summed E-state index contributed by atoms with van der Waals surface area (Å²) in [6.07, 6.45) is 7.57. The molecule has 0 saturated carbocycles. The van der Waals surface area contributed by atoms with Gasteiger partial charge in [-0.3, -0.25) is 4.79 Å². The van der Waals surface area contributed by atoms with E-state index in [2.05, 4.69) is 31.2 Å². The summed E-state index contributed by atoms with van der Waals surface area (Å²) in [5, 5.41) is 0. The molecule has 0 radical (unpaired) electrons. The van der Waals surface area contributed by atoms with Gasteiger partial charge >= 0.3 is 5.97 Å². The number of benzene rings is 2. The minimum Gasteiger partial charge on any atom is -0.420 e. The first-order valence-electron chi connectivity index (χ1n) is 10.3. The monoisotopic (exact) mass is 388 g/mol. The first-order chi connectivity index (χ1) is 13.5. The van der Waals surface area contributed by atoms with Gasteiger partial charge in [0.2, 0.25) is 5.75 Å². The van der Waals surface area contributed by atoms with Crippen LogP contribution in [0.1, 0.15) is 69.1 Å². The molecule has 0 unspecified atom stereocenters. The number of carbonyl (C=O) groups excluding carboxylic acids is 1. The van der Waals surface area contributed by atoms with E-state index < -0.39 is 23.4 Å². The van der Waals surface area contributed by atoms with E-state index in [0.29, 0.717) is 24.8 Å². The zero-order chi connectivity index (χ0) is 20.4. The Bertz CT molecular complexity index is 731. The Kier molecular flexibility index (Phi) is 9.12. The number of hydrogen-bond acceptors (Lipinski definition) is 2. The van der Waals surface area contributed by atoms with Gasteiger partial charge in [0.05, 0.1) is 0 Å². The van der Waals surface area contributed by atoms with E-state index in [1.165, 1.54) is 37.0 Å². The second kappa shape index (κ2) is 11.6. The summed E-state index contributed by atoms with van der Waals surface area (Å²) in [4.78, 5) is 11.6. The van der Waals surface area contributed by atoms with E-state index in [0.717, 1.165) is 18.4 Å². The number of aryl methyl sites for hydroxylation is 3. The maximum atomic E-state index is 14.2. The van der Waals surface area contributed by atoms with Gasteiger partial charge in [-0.2, -0.15) is 0 Å². The van der Waals surface area contributed by atoms with Crippen LogP contribution in [-0.4, -0.2) is 5.97 Å². The molecular formula is C24H30F2O2. The predicted molar refractivity (Wildman–Crippen MR) is 109 cm³/mol. The predicted octanol–water partition coefficient (Wildman–Crippen LogP) is 6.58. The van der Waals surface area contributed by atoms with Gasteiger partial charge in [-0.25, -0.2) is 8.78 Å². The fourth-order valence-corrected chi connectivity index (χ4v) is 3.08. The van der Waals surface area contributed by atoms with Gasteiger partial charge in [0.25, 0.3) is 0 Å². The van der Waals surface area contributed by atoms with Crippen molar-refractivity contribution in [2.24, 2.45) is 0 Å². The zero-order valence-electron chi connectivity index (χ0n) is 16.9. The van der Waals surface area contributed by atoms with Crippen LogP contribution < -0.4 is 4.74 Å². The molecule has 2 aromatic carbocycles. The molecule has 0 amide bonds. The van der Waals surface area contributed by atoms with Gasteiger partial charge in [0, 0.05) is 6.42 Å². The van der Waals surface area contributed by atoms with E-state index in [1.807, 2.05) is 6.92 Å². The minimum absolute atomic E-state index is 0.158. The number of halogens is 2. The lowest BCUT2D eigenvalue weighted by Gasteiger charge is -2.09. The molecule has 152 valence electrons. The molecule has 0 aliphatic heterocycles. The van der Waals surface area contributed by atoms with Crippen molar-refractivity contribution < 1.29 is 18.3 Å². The second-order valence-electron chi connectivity index (χ2n) is 7.24. The van der Waals surface area contributed by atoms with Crippen LogP contribution in [0.15, 0.2) is 36.4 Å². The molecule has 28 heavy (non-hydrogen) atoms. The summed E-state index contributed by atoms with van der Waals surface area (Å²) >= 11 is 0. The van der Waals surface area contributed by atoms with Crippen LogP contribution in [0.3, 0.4) is 0 Å². The van der Waals surface area contributed by atoms with E-state index in [1.54, 1.807) is 0 Å². The van der Waals surface area contributed by atoms with Crippen LogP contribution >= 0.6 is 0 Å². The zero-order valence-corrected chi connectivity index (χ0v) is 16.9. The van der Waals surface area contributed by atoms with Gasteiger partial charge < -0.3 is 4.74 Å². The second-order valence-corrected chi connectivity index (χ2v) is 7.24. The Morgan fingerprint density at radius 2 is 1.32 bits per heavy atom. The van der Waals surface area contributed by atoms with Crippen molar-refractivity contribution in [3.8, 4) is 5.75 Å². The van der Waals surface area contributed by atoms with Gasteiger partial charge in [0.15, 0.2) is 11.6 Å². The topological polar surface area (TPSA) is 26.3 Å². The molecule has 0 aliphatic rings. The average molecular weight is 388 g/mol. The molecule has 0 aromatic heterocycles. The van der Waals surface area contributed by atoms with Crippen molar-refractivity contribution in [2.45, 2.75) is 71.6 Å².